The molecule has 0 bridgehead atoms. The number of amides is 4. The quantitative estimate of drug-likeness (QED) is 0.313. The summed E-state index contributed by atoms with van der Waals surface area (Å²) in [6.07, 6.45) is 9.59. The monoisotopic (exact) mass is 571 g/mol. The van der Waals surface area contributed by atoms with Crippen LogP contribution in [0, 0.1) is 5.92 Å². The second-order valence-corrected chi connectivity index (χ2v) is 10.5. The number of carbonyl (C=O) groups excluding carboxylic acids is 4. The topological polar surface area (TPSA) is 130 Å². The van der Waals surface area contributed by atoms with Gasteiger partial charge in [-0.1, -0.05) is 55.8 Å². The van der Waals surface area contributed by atoms with Crippen molar-refractivity contribution in [2.24, 2.45) is 5.92 Å². The highest BCUT2D eigenvalue weighted by Crippen LogP contribution is 2.27. The Morgan fingerprint density at radius 3 is 2.55 bits per heavy atom. The van der Waals surface area contributed by atoms with Crippen LogP contribution >= 0.6 is 11.6 Å². The van der Waals surface area contributed by atoms with E-state index in [0.29, 0.717) is 30.7 Å². The van der Waals surface area contributed by atoms with Crippen LogP contribution in [0.3, 0.4) is 0 Å². The van der Waals surface area contributed by atoms with Gasteiger partial charge in [-0.2, -0.15) is 0 Å². The number of nitrogens with one attached hydrogen (secondary N) is 3. The highest BCUT2D eigenvalue weighted by atomic mass is 35.5. The number of pyridine rings is 1. The predicted molar refractivity (Wildman–Crippen MR) is 152 cm³/mol. The zero-order valence-electron chi connectivity index (χ0n) is 22.8. The minimum absolute atomic E-state index is 0.00182. The fourth-order valence-corrected chi connectivity index (χ4v) is 4.86. The molecule has 1 fully saturated rings. The molecule has 11 heteroatoms. The third-order valence-electron chi connectivity index (χ3n) is 6.96. The number of carbonyl (C=O) groups is 4. The van der Waals surface area contributed by atoms with Gasteiger partial charge in [-0.25, -0.2) is 9.59 Å². The summed E-state index contributed by atoms with van der Waals surface area (Å²) in [4.78, 5) is 55.5. The molecule has 1 aliphatic rings. The summed E-state index contributed by atoms with van der Waals surface area (Å²) >= 11 is 5.99. The van der Waals surface area contributed by atoms with Crippen molar-refractivity contribution in [2.45, 2.75) is 63.6 Å². The molecule has 40 heavy (non-hydrogen) atoms. The number of rotatable bonds is 13. The Labute approximate surface area is 240 Å². The standard InChI is InChI=1S/C29H38ClN5O5/c1-35(15-12-21-10-13-31-14-11-21)28(38)32-18-25(19-36)33-27(37)26(17-22-6-3-2-4-7-22)34-29(39)40-20-23-8-5-9-24(30)16-23/h5,8-11,13-14,16,19,22,25-26H,2-4,6-7,12,15,17-18,20H2,1H3,(H,32,38)(H,33,37)(H,34,39)/t25-,26-/m0/s1. The Bertz CT molecular complexity index is 1110. The van der Waals surface area contributed by atoms with E-state index < -0.39 is 24.1 Å². The normalized spacial score (nSPS) is 14.8. The van der Waals surface area contributed by atoms with Crippen LogP contribution in [-0.2, 0) is 27.4 Å². The third-order valence-corrected chi connectivity index (χ3v) is 7.19. The summed E-state index contributed by atoms with van der Waals surface area (Å²) in [7, 11) is 1.66. The van der Waals surface area contributed by atoms with E-state index in [1.54, 1.807) is 43.7 Å². The summed E-state index contributed by atoms with van der Waals surface area (Å²) in [6.45, 7) is 0.392. The van der Waals surface area contributed by atoms with E-state index in [2.05, 4.69) is 20.9 Å². The van der Waals surface area contributed by atoms with Gasteiger partial charge in [0.2, 0.25) is 5.91 Å². The summed E-state index contributed by atoms with van der Waals surface area (Å²) in [5.74, 6) is -0.219. The molecule has 1 saturated carbocycles. The Morgan fingerprint density at radius 2 is 1.85 bits per heavy atom. The van der Waals surface area contributed by atoms with Crippen LogP contribution < -0.4 is 16.0 Å². The van der Waals surface area contributed by atoms with Crippen LogP contribution in [0.1, 0.15) is 49.7 Å². The molecule has 3 N–H and O–H groups in total. The van der Waals surface area contributed by atoms with Crippen molar-refractivity contribution in [1.82, 2.24) is 25.8 Å². The number of aromatic nitrogens is 1. The van der Waals surface area contributed by atoms with Gasteiger partial charge in [-0.3, -0.25) is 9.78 Å². The summed E-state index contributed by atoms with van der Waals surface area (Å²) in [5.41, 5.74) is 1.77. The number of alkyl carbamates (subject to hydrolysis) is 1. The van der Waals surface area contributed by atoms with Crippen LogP contribution in [0.15, 0.2) is 48.8 Å². The fraction of sp³-hybridized carbons (Fsp3) is 0.483. The van der Waals surface area contributed by atoms with E-state index in [9.17, 15) is 19.2 Å². The van der Waals surface area contributed by atoms with E-state index in [4.69, 9.17) is 16.3 Å². The number of hydrogen-bond donors (Lipinski definition) is 3. The number of halogens is 1. The summed E-state index contributed by atoms with van der Waals surface area (Å²) in [6, 6.07) is 8.53. The van der Waals surface area contributed by atoms with E-state index in [-0.39, 0.29) is 25.1 Å². The van der Waals surface area contributed by atoms with Gasteiger partial charge in [0.1, 0.15) is 25.0 Å². The van der Waals surface area contributed by atoms with Crippen molar-refractivity contribution >= 4 is 35.9 Å². The van der Waals surface area contributed by atoms with E-state index in [1.807, 2.05) is 12.1 Å². The average Bonchev–Trinajstić information content (AvgIpc) is 2.97. The lowest BCUT2D eigenvalue weighted by atomic mass is 9.84. The smallest absolute Gasteiger partial charge is 0.408 e. The lowest BCUT2D eigenvalue weighted by Gasteiger charge is -2.27. The Kier molecular flexibility index (Phi) is 12.7. The molecule has 0 aliphatic heterocycles. The maximum atomic E-state index is 13.2. The van der Waals surface area contributed by atoms with Gasteiger partial charge in [-0.05, 0) is 54.2 Å². The van der Waals surface area contributed by atoms with Gasteiger partial charge in [-0.15, -0.1) is 0 Å². The molecule has 10 nitrogen and oxygen atoms in total. The van der Waals surface area contributed by atoms with Gasteiger partial charge in [0.25, 0.3) is 0 Å². The SMILES string of the molecule is CN(CCc1ccncc1)C(=O)NC[C@@H](C=O)NC(=O)[C@H](CC1CCCCC1)NC(=O)OCc1cccc(Cl)c1. The minimum atomic E-state index is -0.955. The van der Waals surface area contributed by atoms with Gasteiger partial charge < -0.3 is 30.4 Å². The van der Waals surface area contributed by atoms with E-state index >= 15 is 0 Å². The molecule has 0 unspecified atom stereocenters. The second-order valence-electron chi connectivity index (χ2n) is 10.1. The van der Waals surface area contributed by atoms with Crippen LogP contribution in [-0.4, -0.2) is 66.4 Å². The first kappa shape index (κ1) is 30.9. The van der Waals surface area contributed by atoms with Gasteiger partial charge in [0.15, 0.2) is 0 Å². The Balaban J connectivity index is 1.51. The van der Waals surface area contributed by atoms with Crippen LogP contribution in [0.2, 0.25) is 5.02 Å². The number of benzene rings is 1. The number of hydrogen-bond acceptors (Lipinski definition) is 6. The number of ether oxygens (including phenoxy) is 1. The molecule has 216 valence electrons. The van der Waals surface area contributed by atoms with Crippen molar-refractivity contribution in [3.05, 3.63) is 64.9 Å². The third kappa shape index (κ3) is 10.8. The molecule has 1 aliphatic carbocycles. The highest BCUT2D eigenvalue weighted by molar-refractivity contribution is 6.30. The lowest BCUT2D eigenvalue weighted by Crippen LogP contribution is -2.54. The first-order valence-electron chi connectivity index (χ1n) is 13.6. The van der Waals surface area contributed by atoms with E-state index in [1.165, 1.54) is 4.90 Å². The maximum Gasteiger partial charge on any atom is 0.408 e. The number of aldehydes is 1. The number of nitrogens with zero attached hydrogens (tertiary/aromatic N) is 2. The number of urea groups is 1. The lowest BCUT2D eigenvalue weighted by molar-refractivity contribution is -0.126. The molecule has 2 atom stereocenters. The van der Waals surface area contributed by atoms with E-state index in [0.717, 1.165) is 43.2 Å². The molecule has 0 spiro atoms. The first-order chi connectivity index (χ1) is 19.3. The van der Waals surface area contributed by atoms with Crippen LogP contribution in [0.25, 0.3) is 0 Å². The van der Waals surface area contributed by atoms with Crippen molar-refractivity contribution < 1.29 is 23.9 Å². The van der Waals surface area contributed by atoms with Gasteiger partial charge in [0, 0.05) is 37.6 Å². The zero-order chi connectivity index (χ0) is 28.7. The molecule has 0 saturated heterocycles. The Hall–Kier alpha value is -3.66. The predicted octanol–water partition coefficient (Wildman–Crippen LogP) is 3.87. The molecule has 0 radical (unpaired) electrons. The molecule has 1 aromatic carbocycles. The average molecular weight is 572 g/mol. The van der Waals surface area contributed by atoms with Crippen molar-refractivity contribution in [2.75, 3.05) is 20.1 Å². The molecule has 1 heterocycles. The van der Waals surface area contributed by atoms with Gasteiger partial charge in [0.05, 0.1) is 0 Å². The molecular formula is C29H38ClN5O5. The first-order valence-corrected chi connectivity index (χ1v) is 14.0. The summed E-state index contributed by atoms with van der Waals surface area (Å²) < 4.78 is 5.32. The van der Waals surface area contributed by atoms with Crippen LogP contribution in [0.5, 0.6) is 0 Å². The largest absolute Gasteiger partial charge is 0.445 e. The van der Waals surface area contributed by atoms with Crippen molar-refractivity contribution in [1.29, 1.82) is 0 Å². The Morgan fingerprint density at radius 1 is 1.10 bits per heavy atom. The molecule has 2 aromatic rings. The summed E-state index contributed by atoms with van der Waals surface area (Å²) in [5, 5.41) is 8.55. The molecule has 4 amide bonds. The number of likely N-dealkylation sites (N-methyl/N-ethyl adjacent to an activating group) is 1. The molecular weight excluding hydrogens is 534 g/mol. The van der Waals surface area contributed by atoms with Crippen LogP contribution in [0.4, 0.5) is 9.59 Å². The van der Waals surface area contributed by atoms with Gasteiger partial charge >= 0.3 is 12.1 Å². The minimum Gasteiger partial charge on any atom is -0.445 e. The maximum absolute atomic E-state index is 13.2. The van der Waals surface area contributed by atoms with Crippen molar-refractivity contribution in [3.8, 4) is 0 Å². The molecule has 1 aromatic heterocycles. The molecule has 3 rings (SSSR count). The fourth-order valence-electron chi connectivity index (χ4n) is 4.64. The van der Waals surface area contributed by atoms with Crippen molar-refractivity contribution in [3.63, 3.8) is 0 Å². The highest BCUT2D eigenvalue weighted by Gasteiger charge is 2.28. The zero-order valence-corrected chi connectivity index (χ0v) is 23.6. The second kappa shape index (κ2) is 16.4.